The average molecular weight is 263 g/mol. The van der Waals surface area contributed by atoms with Gasteiger partial charge in [0.25, 0.3) is 0 Å². The second-order valence-electron chi connectivity index (χ2n) is 4.41. The molecule has 5 nitrogen and oxygen atoms in total. The molecule has 0 aliphatic heterocycles. The van der Waals surface area contributed by atoms with Gasteiger partial charge in [0.1, 0.15) is 5.82 Å². The van der Waals surface area contributed by atoms with Crippen LogP contribution in [0.1, 0.15) is 30.5 Å². The summed E-state index contributed by atoms with van der Waals surface area (Å²) in [4.78, 5) is 0. The van der Waals surface area contributed by atoms with E-state index in [2.05, 4.69) is 17.4 Å². The van der Waals surface area contributed by atoms with E-state index in [1.165, 1.54) is 18.2 Å². The molecule has 19 heavy (non-hydrogen) atoms. The van der Waals surface area contributed by atoms with Crippen molar-refractivity contribution in [3.05, 3.63) is 47.5 Å². The molecule has 0 aliphatic rings. The topological polar surface area (TPSA) is 81.9 Å². The van der Waals surface area contributed by atoms with Gasteiger partial charge in [-0.25, -0.2) is 9.82 Å². The van der Waals surface area contributed by atoms with Crippen LogP contribution in [0.5, 0.6) is 0 Å². The van der Waals surface area contributed by atoms with Gasteiger partial charge < -0.3 is 5.73 Å². The molecular weight excluding hydrogens is 245 g/mol. The smallest absolute Gasteiger partial charge is 0.123 e. The first-order valence-corrected chi connectivity index (χ1v) is 6.19. The van der Waals surface area contributed by atoms with Crippen molar-refractivity contribution in [2.24, 2.45) is 5.84 Å². The van der Waals surface area contributed by atoms with Crippen molar-refractivity contribution in [3.8, 4) is 0 Å². The molecule has 0 radical (unpaired) electrons. The lowest BCUT2D eigenvalue weighted by atomic mass is 10.0. The number of nitrogens with zero attached hydrogens (tertiary/aromatic N) is 2. The van der Waals surface area contributed by atoms with E-state index in [0.717, 1.165) is 18.5 Å². The van der Waals surface area contributed by atoms with Gasteiger partial charge in [-0.3, -0.25) is 10.5 Å². The highest BCUT2D eigenvalue weighted by molar-refractivity contribution is 5.51. The number of benzene rings is 1. The molecule has 0 amide bonds. The molecule has 1 heterocycles. The number of aromatic nitrogens is 2. The highest BCUT2D eigenvalue weighted by atomic mass is 19.1. The van der Waals surface area contributed by atoms with Crippen LogP contribution in [0.2, 0.25) is 0 Å². The standard InChI is InChI=1S/C13H18FN5/c1-2-5-19-8-9(7-17-19)13(18-16)11-6-10(14)3-4-12(11)15/h3-4,6-8,13,18H,2,5,15-16H2,1H3. The Morgan fingerprint density at radius 2 is 2.26 bits per heavy atom. The number of nitrogens with two attached hydrogens (primary N) is 2. The van der Waals surface area contributed by atoms with E-state index in [0.29, 0.717) is 11.3 Å². The molecule has 0 saturated heterocycles. The Labute approximate surface area is 111 Å². The van der Waals surface area contributed by atoms with Crippen LogP contribution in [0.4, 0.5) is 10.1 Å². The molecule has 2 rings (SSSR count). The summed E-state index contributed by atoms with van der Waals surface area (Å²) in [6.07, 6.45) is 4.59. The van der Waals surface area contributed by atoms with Crippen LogP contribution < -0.4 is 17.0 Å². The van der Waals surface area contributed by atoms with E-state index in [1.54, 1.807) is 6.20 Å². The second kappa shape index (κ2) is 5.81. The van der Waals surface area contributed by atoms with E-state index < -0.39 is 0 Å². The number of hydrogen-bond acceptors (Lipinski definition) is 4. The van der Waals surface area contributed by atoms with Crippen LogP contribution in [0.25, 0.3) is 0 Å². The van der Waals surface area contributed by atoms with Crippen LogP contribution in [0.3, 0.4) is 0 Å². The minimum Gasteiger partial charge on any atom is -0.398 e. The van der Waals surface area contributed by atoms with Crippen molar-refractivity contribution >= 4 is 5.69 Å². The molecule has 0 spiro atoms. The van der Waals surface area contributed by atoms with Crippen LogP contribution >= 0.6 is 0 Å². The first-order valence-electron chi connectivity index (χ1n) is 6.19. The summed E-state index contributed by atoms with van der Waals surface area (Å²) in [7, 11) is 0. The predicted molar refractivity (Wildman–Crippen MR) is 72.5 cm³/mol. The van der Waals surface area contributed by atoms with Crippen molar-refractivity contribution < 1.29 is 4.39 Å². The molecule has 0 fully saturated rings. The van der Waals surface area contributed by atoms with Gasteiger partial charge in [0.05, 0.1) is 12.2 Å². The quantitative estimate of drug-likeness (QED) is 0.434. The minimum absolute atomic E-state index is 0.342. The van der Waals surface area contributed by atoms with Crippen LogP contribution in [0, 0.1) is 5.82 Å². The highest BCUT2D eigenvalue weighted by Crippen LogP contribution is 2.26. The van der Waals surface area contributed by atoms with E-state index in [1.807, 2.05) is 10.9 Å². The van der Waals surface area contributed by atoms with E-state index >= 15 is 0 Å². The molecule has 1 unspecified atom stereocenters. The van der Waals surface area contributed by atoms with Gasteiger partial charge in [-0.05, 0) is 24.6 Å². The SMILES string of the molecule is CCCn1cc(C(NN)c2cc(F)ccc2N)cn1. The zero-order valence-corrected chi connectivity index (χ0v) is 10.8. The monoisotopic (exact) mass is 263 g/mol. The summed E-state index contributed by atoms with van der Waals surface area (Å²) in [6.45, 7) is 2.90. The maximum absolute atomic E-state index is 13.3. The van der Waals surface area contributed by atoms with Crippen LogP contribution in [-0.4, -0.2) is 9.78 Å². The summed E-state index contributed by atoms with van der Waals surface area (Å²) in [5, 5.41) is 4.24. The summed E-state index contributed by atoms with van der Waals surface area (Å²) >= 11 is 0. The maximum Gasteiger partial charge on any atom is 0.123 e. The fourth-order valence-electron chi connectivity index (χ4n) is 2.04. The molecule has 102 valence electrons. The summed E-state index contributed by atoms with van der Waals surface area (Å²) < 4.78 is 15.2. The zero-order valence-electron chi connectivity index (χ0n) is 10.8. The lowest BCUT2D eigenvalue weighted by Crippen LogP contribution is -2.29. The Kier molecular flexibility index (Phi) is 4.13. The van der Waals surface area contributed by atoms with Crippen LogP contribution in [-0.2, 0) is 6.54 Å². The molecular formula is C13H18FN5. The predicted octanol–water partition coefficient (Wildman–Crippen LogP) is 1.57. The first kappa shape index (κ1) is 13.5. The number of hydrazine groups is 1. The molecule has 1 aromatic heterocycles. The summed E-state index contributed by atoms with van der Waals surface area (Å²) in [5.41, 5.74) is 10.5. The lowest BCUT2D eigenvalue weighted by Gasteiger charge is -2.16. The van der Waals surface area contributed by atoms with Gasteiger partial charge in [0.15, 0.2) is 0 Å². The van der Waals surface area contributed by atoms with Gasteiger partial charge in [0.2, 0.25) is 0 Å². The van der Waals surface area contributed by atoms with Gasteiger partial charge in [-0.2, -0.15) is 5.10 Å². The fraction of sp³-hybridized carbons (Fsp3) is 0.308. The van der Waals surface area contributed by atoms with Gasteiger partial charge in [-0.1, -0.05) is 6.92 Å². The van der Waals surface area contributed by atoms with Gasteiger partial charge >= 0.3 is 0 Å². The Balaban J connectivity index is 2.35. The second-order valence-corrected chi connectivity index (χ2v) is 4.41. The number of aryl methyl sites for hydroxylation is 1. The summed E-state index contributed by atoms with van der Waals surface area (Å²) in [5.74, 6) is 5.23. The average Bonchev–Trinajstić information content (AvgIpc) is 2.83. The molecule has 0 saturated carbocycles. The third-order valence-electron chi connectivity index (χ3n) is 2.97. The number of hydrogen-bond donors (Lipinski definition) is 3. The fourth-order valence-corrected chi connectivity index (χ4v) is 2.04. The summed E-state index contributed by atoms with van der Waals surface area (Å²) in [6, 6.07) is 3.87. The number of anilines is 1. The normalized spacial score (nSPS) is 12.6. The van der Waals surface area contributed by atoms with Crippen molar-refractivity contribution in [1.29, 1.82) is 0 Å². The zero-order chi connectivity index (χ0) is 13.8. The molecule has 6 heteroatoms. The Hall–Kier alpha value is -1.92. The number of nitrogen functional groups attached to an aromatic ring is 1. The third kappa shape index (κ3) is 2.91. The van der Waals surface area contributed by atoms with Crippen molar-refractivity contribution in [2.75, 3.05) is 5.73 Å². The largest absolute Gasteiger partial charge is 0.398 e. The molecule has 1 atom stereocenters. The van der Waals surface area contributed by atoms with Gasteiger partial charge in [0, 0.05) is 29.6 Å². The minimum atomic E-state index is -0.374. The highest BCUT2D eigenvalue weighted by Gasteiger charge is 2.17. The molecule has 0 aliphatic carbocycles. The Morgan fingerprint density at radius 3 is 2.95 bits per heavy atom. The lowest BCUT2D eigenvalue weighted by molar-refractivity contribution is 0.594. The van der Waals surface area contributed by atoms with E-state index in [4.69, 9.17) is 11.6 Å². The van der Waals surface area contributed by atoms with E-state index in [9.17, 15) is 4.39 Å². The van der Waals surface area contributed by atoms with Crippen molar-refractivity contribution in [1.82, 2.24) is 15.2 Å². The molecule has 2 aromatic rings. The Bertz CT molecular complexity index is 552. The molecule has 1 aromatic carbocycles. The van der Waals surface area contributed by atoms with Gasteiger partial charge in [-0.15, -0.1) is 0 Å². The van der Waals surface area contributed by atoms with Crippen LogP contribution in [0.15, 0.2) is 30.6 Å². The number of rotatable bonds is 5. The maximum atomic E-state index is 13.3. The third-order valence-corrected chi connectivity index (χ3v) is 2.97. The Morgan fingerprint density at radius 1 is 1.47 bits per heavy atom. The van der Waals surface area contributed by atoms with Crippen molar-refractivity contribution in [2.45, 2.75) is 25.9 Å². The first-order chi connectivity index (χ1) is 9.15. The van der Waals surface area contributed by atoms with E-state index in [-0.39, 0.29) is 11.9 Å². The number of nitrogens with one attached hydrogen (secondary N) is 1. The molecule has 0 bridgehead atoms. The van der Waals surface area contributed by atoms with Crippen molar-refractivity contribution in [3.63, 3.8) is 0 Å². The molecule has 5 N–H and O–H groups in total. The number of halogens is 1.